The zero-order valence-electron chi connectivity index (χ0n) is 12.3. The topological polar surface area (TPSA) is 66.9 Å². The summed E-state index contributed by atoms with van der Waals surface area (Å²) in [7, 11) is 0. The van der Waals surface area contributed by atoms with Gasteiger partial charge in [-0.05, 0) is 25.8 Å². The van der Waals surface area contributed by atoms with Gasteiger partial charge >= 0.3 is 0 Å². The van der Waals surface area contributed by atoms with Gasteiger partial charge in [0.2, 0.25) is 5.95 Å². The fraction of sp³-hybridized carbons (Fsp3) is 0.312. The predicted octanol–water partition coefficient (Wildman–Crippen LogP) is 2.27. The van der Waals surface area contributed by atoms with E-state index in [4.69, 9.17) is 0 Å². The molecule has 0 aliphatic heterocycles. The van der Waals surface area contributed by atoms with E-state index in [1.165, 1.54) is 18.0 Å². The first-order valence-electron chi connectivity index (χ1n) is 7.06. The molecular weight excluding hydrogens is 264 g/mol. The lowest BCUT2D eigenvalue weighted by molar-refractivity contribution is 0.0953. The number of amides is 1. The first-order valence-corrected chi connectivity index (χ1v) is 7.06. The molecule has 0 aliphatic carbocycles. The van der Waals surface area contributed by atoms with Gasteiger partial charge < -0.3 is 10.6 Å². The maximum atomic E-state index is 12.0. The normalized spacial score (nSPS) is 10.4. The van der Waals surface area contributed by atoms with Crippen LogP contribution in [0.15, 0.2) is 42.7 Å². The summed E-state index contributed by atoms with van der Waals surface area (Å²) in [6.45, 7) is 4.61. The highest BCUT2D eigenvalue weighted by atomic mass is 16.1. The van der Waals surface area contributed by atoms with Gasteiger partial charge in [0.15, 0.2) is 0 Å². The van der Waals surface area contributed by atoms with Crippen LogP contribution in [-0.4, -0.2) is 28.5 Å². The lowest BCUT2D eigenvalue weighted by Crippen LogP contribution is -2.26. The van der Waals surface area contributed by atoms with Crippen molar-refractivity contribution in [1.29, 1.82) is 0 Å². The minimum absolute atomic E-state index is 0.151. The maximum absolute atomic E-state index is 12.0. The number of carbonyl (C=O) groups is 1. The SMILES string of the molecule is CC(C)Nc1ncc(C(=O)NCCc2ccccc2)cn1. The smallest absolute Gasteiger partial charge is 0.254 e. The summed E-state index contributed by atoms with van der Waals surface area (Å²) in [5, 5.41) is 5.95. The van der Waals surface area contributed by atoms with Crippen molar-refractivity contribution in [3.63, 3.8) is 0 Å². The summed E-state index contributed by atoms with van der Waals surface area (Å²) in [5.74, 6) is 0.382. The highest BCUT2D eigenvalue weighted by Crippen LogP contribution is 2.02. The molecule has 0 fully saturated rings. The van der Waals surface area contributed by atoms with Crippen LogP contribution in [0, 0.1) is 0 Å². The summed E-state index contributed by atoms with van der Waals surface area (Å²) in [4.78, 5) is 20.2. The number of hydrogen-bond acceptors (Lipinski definition) is 4. The zero-order chi connectivity index (χ0) is 15.1. The second kappa shape index (κ2) is 7.38. The van der Waals surface area contributed by atoms with Crippen molar-refractivity contribution < 1.29 is 4.79 Å². The Morgan fingerprint density at radius 2 is 1.81 bits per heavy atom. The third-order valence-corrected chi connectivity index (χ3v) is 2.87. The van der Waals surface area contributed by atoms with Gasteiger partial charge in [-0.15, -0.1) is 0 Å². The minimum Gasteiger partial charge on any atom is -0.352 e. The van der Waals surface area contributed by atoms with Crippen LogP contribution in [0.5, 0.6) is 0 Å². The molecule has 2 N–H and O–H groups in total. The monoisotopic (exact) mass is 284 g/mol. The highest BCUT2D eigenvalue weighted by Gasteiger charge is 2.07. The average Bonchev–Trinajstić information content (AvgIpc) is 2.48. The van der Waals surface area contributed by atoms with E-state index in [0.717, 1.165) is 6.42 Å². The van der Waals surface area contributed by atoms with E-state index in [-0.39, 0.29) is 11.9 Å². The molecule has 21 heavy (non-hydrogen) atoms. The average molecular weight is 284 g/mol. The molecule has 5 nitrogen and oxygen atoms in total. The molecule has 1 amide bonds. The van der Waals surface area contributed by atoms with Gasteiger partial charge in [-0.1, -0.05) is 30.3 Å². The maximum Gasteiger partial charge on any atom is 0.254 e. The Morgan fingerprint density at radius 1 is 1.14 bits per heavy atom. The summed E-state index contributed by atoms with van der Waals surface area (Å²) >= 11 is 0. The Hall–Kier alpha value is -2.43. The van der Waals surface area contributed by atoms with E-state index >= 15 is 0 Å². The van der Waals surface area contributed by atoms with Crippen LogP contribution in [0.4, 0.5) is 5.95 Å². The Morgan fingerprint density at radius 3 is 2.43 bits per heavy atom. The molecule has 110 valence electrons. The van der Waals surface area contributed by atoms with Crippen LogP contribution in [0.1, 0.15) is 29.8 Å². The van der Waals surface area contributed by atoms with E-state index in [1.807, 2.05) is 44.2 Å². The van der Waals surface area contributed by atoms with Crippen LogP contribution < -0.4 is 10.6 Å². The molecule has 2 rings (SSSR count). The van der Waals surface area contributed by atoms with Crippen molar-refractivity contribution in [2.45, 2.75) is 26.3 Å². The van der Waals surface area contributed by atoms with Crippen LogP contribution in [0.2, 0.25) is 0 Å². The molecule has 5 heteroatoms. The molecule has 0 saturated carbocycles. The lowest BCUT2D eigenvalue weighted by Gasteiger charge is -2.08. The van der Waals surface area contributed by atoms with Gasteiger partial charge in [-0.3, -0.25) is 4.79 Å². The van der Waals surface area contributed by atoms with Gasteiger partial charge in [-0.25, -0.2) is 9.97 Å². The van der Waals surface area contributed by atoms with Crippen molar-refractivity contribution in [2.75, 3.05) is 11.9 Å². The van der Waals surface area contributed by atoms with Crippen LogP contribution >= 0.6 is 0 Å². The quantitative estimate of drug-likeness (QED) is 0.854. The standard InChI is InChI=1S/C16H20N4O/c1-12(2)20-16-18-10-14(11-19-16)15(21)17-9-8-13-6-4-3-5-7-13/h3-7,10-12H,8-9H2,1-2H3,(H,17,21)(H,18,19,20). The Bertz CT molecular complexity index is 567. The van der Waals surface area contributed by atoms with Crippen LogP contribution in [0.25, 0.3) is 0 Å². The third kappa shape index (κ3) is 4.87. The Kier molecular flexibility index (Phi) is 5.26. The summed E-state index contributed by atoms with van der Waals surface area (Å²) in [6.07, 6.45) is 3.88. The van der Waals surface area contributed by atoms with E-state index in [9.17, 15) is 4.79 Å². The molecule has 1 aromatic heterocycles. The van der Waals surface area contributed by atoms with E-state index in [0.29, 0.717) is 18.1 Å². The van der Waals surface area contributed by atoms with Gasteiger partial charge in [0.1, 0.15) is 0 Å². The van der Waals surface area contributed by atoms with E-state index in [2.05, 4.69) is 20.6 Å². The third-order valence-electron chi connectivity index (χ3n) is 2.87. The fourth-order valence-electron chi connectivity index (χ4n) is 1.85. The van der Waals surface area contributed by atoms with Gasteiger partial charge in [-0.2, -0.15) is 0 Å². The van der Waals surface area contributed by atoms with Crippen molar-refractivity contribution in [2.24, 2.45) is 0 Å². The minimum atomic E-state index is -0.151. The van der Waals surface area contributed by atoms with Gasteiger partial charge in [0.25, 0.3) is 5.91 Å². The second-order valence-electron chi connectivity index (χ2n) is 5.09. The van der Waals surface area contributed by atoms with E-state index in [1.54, 1.807) is 0 Å². The van der Waals surface area contributed by atoms with Crippen LogP contribution in [-0.2, 0) is 6.42 Å². The summed E-state index contributed by atoms with van der Waals surface area (Å²) in [6, 6.07) is 10.3. The van der Waals surface area contributed by atoms with Crippen molar-refractivity contribution in [3.05, 3.63) is 53.9 Å². The number of nitrogens with one attached hydrogen (secondary N) is 2. The lowest BCUT2D eigenvalue weighted by atomic mass is 10.1. The molecule has 0 bridgehead atoms. The molecule has 0 aliphatic rings. The van der Waals surface area contributed by atoms with Crippen molar-refractivity contribution in [1.82, 2.24) is 15.3 Å². The molecule has 0 saturated heterocycles. The Balaban J connectivity index is 1.83. The number of rotatable bonds is 6. The Labute approximate surface area is 124 Å². The molecule has 1 aromatic carbocycles. The van der Waals surface area contributed by atoms with Crippen molar-refractivity contribution in [3.8, 4) is 0 Å². The number of hydrogen-bond donors (Lipinski definition) is 2. The number of anilines is 1. The van der Waals surface area contributed by atoms with E-state index < -0.39 is 0 Å². The number of aromatic nitrogens is 2. The number of benzene rings is 1. The largest absolute Gasteiger partial charge is 0.352 e. The predicted molar refractivity (Wildman–Crippen MR) is 83.3 cm³/mol. The van der Waals surface area contributed by atoms with Gasteiger partial charge in [0.05, 0.1) is 5.56 Å². The molecule has 1 heterocycles. The van der Waals surface area contributed by atoms with Crippen molar-refractivity contribution >= 4 is 11.9 Å². The summed E-state index contributed by atoms with van der Waals surface area (Å²) in [5.41, 5.74) is 1.67. The van der Waals surface area contributed by atoms with Gasteiger partial charge in [0, 0.05) is 25.0 Å². The zero-order valence-corrected chi connectivity index (χ0v) is 12.3. The number of carbonyl (C=O) groups excluding carboxylic acids is 1. The first-order chi connectivity index (χ1) is 10.1. The molecule has 0 unspecified atom stereocenters. The highest BCUT2D eigenvalue weighted by molar-refractivity contribution is 5.93. The second-order valence-corrected chi connectivity index (χ2v) is 5.09. The first kappa shape index (κ1) is 15.0. The molecule has 2 aromatic rings. The molecule has 0 radical (unpaired) electrons. The molecule has 0 atom stereocenters. The summed E-state index contributed by atoms with van der Waals surface area (Å²) < 4.78 is 0. The molecule has 0 spiro atoms. The van der Waals surface area contributed by atoms with Crippen LogP contribution in [0.3, 0.4) is 0 Å². The number of nitrogens with zero attached hydrogens (tertiary/aromatic N) is 2. The molecular formula is C16H20N4O. The fourth-order valence-corrected chi connectivity index (χ4v) is 1.85.